The lowest BCUT2D eigenvalue weighted by Crippen LogP contribution is -2.12. The number of nitrogens with zero attached hydrogens (tertiary/aromatic N) is 2. The first-order valence-corrected chi connectivity index (χ1v) is 6.89. The summed E-state index contributed by atoms with van der Waals surface area (Å²) in [6, 6.07) is 3.85. The molecule has 3 N–H and O–H groups in total. The first-order valence-electron chi connectivity index (χ1n) is 6.01. The molecule has 0 saturated heterocycles. The van der Waals surface area contributed by atoms with Gasteiger partial charge in [0.25, 0.3) is 5.56 Å². The van der Waals surface area contributed by atoms with E-state index in [1.54, 1.807) is 0 Å². The summed E-state index contributed by atoms with van der Waals surface area (Å²) < 4.78 is 2.64. The van der Waals surface area contributed by atoms with Crippen molar-refractivity contribution in [3.8, 4) is 0 Å². The predicted octanol–water partition coefficient (Wildman–Crippen LogP) is 1.85. The van der Waals surface area contributed by atoms with Crippen LogP contribution in [0.25, 0.3) is 10.2 Å². The normalized spacial score (nSPS) is 12.9. The largest absolute Gasteiger partial charge is 0.346 e. The Balaban J connectivity index is 1.93. The monoisotopic (exact) mass is 274 g/mol. The molecule has 0 spiro atoms. The maximum absolute atomic E-state index is 11.8. The van der Waals surface area contributed by atoms with Crippen molar-refractivity contribution in [1.29, 1.82) is 0 Å². The lowest BCUT2D eigenvalue weighted by molar-refractivity contribution is 0.739. The molecular weight excluding hydrogens is 260 g/mol. The number of fused-ring (bicyclic) bond motifs is 1. The van der Waals surface area contributed by atoms with Crippen LogP contribution in [0.1, 0.15) is 24.4 Å². The summed E-state index contributed by atoms with van der Waals surface area (Å²) in [5.74, 6) is 0.655. The van der Waals surface area contributed by atoms with Gasteiger partial charge in [0.05, 0.1) is 12.1 Å². The van der Waals surface area contributed by atoms with Crippen molar-refractivity contribution in [3.05, 3.63) is 51.6 Å². The van der Waals surface area contributed by atoms with Crippen LogP contribution in [0.15, 0.2) is 34.7 Å². The van der Waals surface area contributed by atoms with Gasteiger partial charge in [0, 0.05) is 18.4 Å². The van der Waals surface area contributed by atoms with Crippen LogP contribution in [-0.4, -0.2) is 14.5 Å². The van der Waals surface area contributed by atoms with Crippen molar-refractivity contribution < 1.29 is 0 Å². The Kier molecular flexibility index (Phi) is 2.96. The van der Waals surface area contributed by atoms with Crippen molar-refractivity contribution in [2.45, 2.75) is 19.5 Å². The van der Waals surface area contributed by atoms with E-state index in [9.17, 15) is 4.79 Å². The predicted molar refractivity (Wildman–Crippen MR) is 76.4 cm³/mol. The van der Waals surface area contributed by atoms with Crippen molar-refractivity contribution >= 4 is 21.6 Å². The Hall–Kier alpha value is -1.92. The Bertz CT molecular complexity index is 768. The van der Waals surface area contributed by atoms with E-state index < -0.39 is 0 Å². The fraction of sp³-hybridized carbons (Fsp3) is 0.231. The number of aromatic nitrogens is 3. The number of hydrogen-bond acceptors (Lipinski definition) is 4. The average molecular weight is 274 g/mol. The molecule has 0 saturated carbocycles. The number of H-pyrrole nitrogens is 1. The molecule has 98 valence electrons. The zero-order valence-electron chi connectivity index (χ0n) is 10.5. The standard InChI is InChI=1S/C13H14N4OS/c1-8(14)9-2-4-17(6-9)7-11-15-10-3-5-19-12(10)13(18)16-11/h2-6,8H,7,14H2,1H3,(H,15,16,18). The second-order valence-electron chi connectivity index (χ2n) is 4.55. The van der Waals surface area contributed by atoms with Crippen molar-refractivity contribution in [2.75, 3.05) is 0 Å². The van der Waals surface area contributed by atoms with Gasteiger partial charge in [0.15, 0.2) is 0 Å². The summed E-state index contributed by atoms with van der Waals surface area (Å²) in [5, 5.41) is 1.88. The van der Waals surface area contributed by atoms with E-state index in [1.165, 1.54) is 11.3 Å². The van der Waals surface area contributed by atoms with Crippen LogP contribution in [0, 0.1) is 0 Å². The minimum absolute atomic E-state index is 0.00705. The van der Waals surface area contributed by atoms with Gasteiger partial charge in [-0.1, -0.05) is 0 Å². The highest BCUT2D eigenvalue weighted by atomic mass is 32.1. The molecule has 3 aromatic rings. The molecule has 6 heteroatoms. The summed E-state index contributed by atoms with van der Waals surface area (Å²) in [6.45, 7) is 2.48. The molecule has 3 heterocycles. The molecule has 5 nitrogen and oxygen atoms in total. The molecule has 0 aliphatic heterocycles. The van der Waals surface area contributed by atoms with Gasteiger partial charge in [0.1, 0.15) is 10.5 Å². The van der Waals surface area contributed by atoms with E-state index in [1.807, 2.05) is 41.4 Å². The number of nitrogens with one attached hydrogen (secondary N) is 1. The van der Waals surface area contributed by atoms with Gasteiger partial charge in [-0.2, -0.15) is 0 Å². The Morgan fingerprint density at radius 1 is 1.53 bits per heavy atom. The van der Waals surface area contributed by atoms with Gasteiger partial charge in [-0.25, -0.2) is 4.98 Å². The molecule has 0 aromatic carbocycles. The van der Waals surface area contributed by atoms with Crippen LogP contribution in [0.3, 0.4) is 0 Å². The topological polar surface area (TPSA) is 76.7 Å². The van der Waals surface area contributed by atoms with Gasteiger partial charge in [-0.05, 0) is 30.0 Å². The molecule has 0 aliphatic rings. The lowest BCUT2D eigenvalue weighted by atomic mass is 10.2. The number of aromatic amines is 1. The third-order valence-corrected chi connectivity index (χ3v) is 3.90. The summed E-state index contributed by atoms with van der Waals surface area (Å²) in [4.78, 5) is 19.1. The van der Waals surface area contributed by atoms with Crippen LogP contribution in [-0.2, 0) is 6.54 Å². The summed E-state index contributed by atoms with van der Waals surface area (Å²) in [7, 11) is 0. The zero-order chi connectivity index (χ0) is 13.4. The molecule has 0 amide bonds. The molecular formula is C13H14N4OS. The number of hydrogen-bond donors (Lipinski definition) is 2. The lowest BCUT2D eigenvalue weighted by Gasteiger charge is -2.03. The van der Waals surface area contributed by atoms with Crippen LogP contribution in [0.5, 0.6) is 0 Å². The molecule has 3 aromatic heterocycles. The molecule has 19 heavy (non-hydrogen) atoms. The van der Waals surface area contributed by atoms with Crippen LogP contribution < -0.4 is 11.3 Å². The second-order valence-corrected chi connectivity index (χ2v) is 5.47. The van der Waals surface area contributed by atoms with Crippen molar-refractivity contribution in [1.82, 2.24) is 14.5 Å². The fourth-order valence-corrected chi connectivity index (χ4v) is 2.72. The van der Waals surface area contributed by atoms with E-state index in [2.05, 4.69) is 9.97 Å². The summed E-state index contributed by atoms with van der Waals surface area (Å²) in [6.07, 6.45) is 3.92. The highest BCUT2D eigenvalue weighted by Gasteiger charge is 2.06. The number of nitrogens with two attached hydrogens (primary N) is 1. The quantitative estimate of drug-likeness (QED) is 0.765. The highest BCUT2D eigenvalue weighted by Crippen LogP contribution is 2.14. The third-order valence-electron chi connectivity index (χ3n) is 3.00. The molecule has 1 atom stereocenters. The number of thiophene rings is 1. The van der Waals surface area contributed by atoms with E-state index in [0.717, 1.165) is 11.1 Å². The molecule has 3 rings (SSSR count). The minimum Gasteiger partial charge on any atom is -0.346 e. The molecule has 1 unspecified atom stereocenters. The SMILES string of the molecule is CC(N)c1ccn(Cc2nc3ccsc3c(=O)[nH]2)c1. The first kappa shape index (κ1) is 12.1. The minimum atomic E-state index is -0.0745. The zero-order valence-corrected chi connectivity index (χ0v) is 11.3. The van der Waals surface area contributed by atoms with Crippen molar-refractivity contribution in [3.63, 3.8) is 0 Å². The van der Waals surface area contributed by atoms with Gasteiger partial charge in [0.2, 0.25) is 0 Å². The molecule has 0 fully saturated rings. The van der Waals surface area contributed by atoms with E-state index in [4.69, 9.17) is 5.73 Å². The van der Waals surface area contributed by atoms with Gasteiger partial charge in [-0.3, -0.25) is 4.79 Å². The average Bonchev–Trinajstić information content (AvgIpc) is 2.97. The highest BCUT2D eigenvalue weighted by molar-refractivity contribution is 7.17. The number of rotatable bonds is 3. The molecule has 0 bridgehead atoms. The maximum atomic E-state index is 11.8. The van der Waals surface area contributed by atoms with Crippen LogP contribution in [0.2, 0.25) is 0 Å². The maximum Gasteiger partial charge on any atom is 0.268 e. The van der Waals surface area contributed by atoms with Gasteiger partial charge < -0.3 is 15.3 Å². The Labute approximate surface area is 113 Å². The molecule has 0 radical (unpaired) electrons. The fourth-order valence-electron chi connectivity index (χ4n) is 2.00. The van der Waals surface area contributed by atoms with E-state index in [0.29, 0.717) is 17.1 Å². The smallest absolute Gasteiger partial charge is 0.268 e. The third kappa shape index (κ3) is 2.32. The van der Waals surface area contributed by atoms with Crippen molar-refractivity contribution in [2.24, 2.45) is 5.73 Å². The molecule has 0 aliphatic carbocycles. The summed E-state index contributed by atoms with van der Waals surface area (Å²) in [5.41, 5.74) is 7.57. The second kappa shape index (κ2) is 4.64. The van der Waals surface area contributed by atoms with Crippen LogP contribution in [0.4, 0.5) is 0 Å². The summed E-state index contributed by atoms with van der Waals surface area (Å²) >= 11 is 1.41. The Morgan fingerprint density at radius 2 is 2.37 bits per heavy atom. The van der Waals surface area contributed by atoms with E-state index in [-0.39, 0.29) is 11.6 Å². The van der Waals surface area contributed by atoms with Crippen LogP contribution >= 0.6 is 11.3 Å². The van der Waals surface area contributed by atoms with Gasteiger partial charge in [-0.15, -0.1) is 11.3 Å². The Morgan fingerprint density at radius 3 is 3.11 bits per heavy atom. The first-order chi connectivity index (χ1) is 9.13. The van der Waals surface area contributed by atoms with E-state index >= 15 is 0 Å². The van der Waals surface area contributed by atoms with Gasteiger partial charge >= 0.3 is 0 Å².